The zero-order valence-corrected chi connectivity index (χ0v) is 32.5. The molecule has 15 heteroatoms. The van der Waals surface area contributed by atoms with Crippen molar-refractivity contribution in [3.05, 3.63) is 124 Å². The number of hydrogen-bond donors (Lipinski definition) is 2. The third kappa shape index (κ3) is 7.45. The average molecular weight is 765 g/mol. The number of aromatic nitrogens is 3. The van der Waals surface area contributed by atoms with Gasteiger partial charge < -0.3 is 28.4 Å². The number of hydrogen-bond acceptors (Lipinski definition) is 9. The van der Waals surface area contributed by atoms with Gasteiger partial charge in [-0.1, -0.05) is 75.4 Å². The Balaban J connectivity index is 1.51. The number of ether oxygens (including phenoxy) is 4. The van der Waals surface area contributed by atoms with Crippen molar-refractivity contribution in [1.82, 2.24) is 14.5 Å². The number of benzene rings is 3. The van der Waals surface area contributed by atoms with Gasteiger partial charge in [0.05, 0.1) is 27.2 Å². The minimum Gasteiger partial charge on any atom is -0.497 e. The van der Waals surface area contributed by atoms with Crippen LogP contribution in [0.4, 0.5) is 4.39 Å². The monoisotopic (exact) mass is 764 g/mol. The van der Waals surface area contributed by atoms with Crippen LogP contribution in [0.25, 0.3) is 11.0 Å². The fourth-order valence-electron chi connectivity index (χ4n) is 6.47. The normalized spacial score (nSPS) is 19.8. The Hall–Kier alpha value is -4.27. The highest BCUT2D eigenvalue weighted by molar-refractivity contribution is 7.32. The molecule has 0 radical (unpaired) electrons. The molecule has 12 nitrogen and oxygen atoms in total. The van der Waals surface area contributed by atoms with Gasteiger partial charge in [-0.3, -0.25) is 9.36 Å². The number of nitrogens with one attached hydrogen (secondary N) is 1. The minimum absolute atomic E-state index is 0.0271. The Morgan fingerprint density at radius 2 is 1.49 bits per heavy atom. The van der Waals surface area contributed by atoms with Crippen molar-refractivity contribution in [2.24, 2.45) is 0 Å². The van der Waals surface area contributed by atoms with Gasteiger partial charge in [0, 0.05) is 10.8 Å². The molecule has 1 fully saturated rings. The van der Waals surface area contributed by atoms with Gasteiger partial charge in [0.15, 0.2) is 32.1 Å². The average Bonchev–Trinajstić information content (AvgIpc) is 3.64. The summed E-state index contributed by atoms with van der Waals surface area (Å²) in [5, 5.41) is -0.573. The lowest BCUT2D eigenvalue weighted by molar-refractivity contribution is -0.0926. The number of fused-ring (bicyclic) bond motifs is 1. The van der Waals surface area contributed by atoms with E-state index < -0.39 is 58.1 Å². The number of aromatic amines is 1. The molecule has 6 rings (SSSR count). The van der Waals surface area contributed by atoms with Gasteiger partial charge in [0.25, 0.3) is 5.56 Å². The Kier molecular flexibility index (Phi) is 11.0. The fraction of sp³-hybridized carbons (Fsp3) is 0.368. The van der Waals surface area contributed by atoms with E-state index in [1.807, 2.05) is 92.0 Å². The molecule has 1 saturated heterocycles. The van der Waals surface area contributed by atoms with Gasteiger partial charge >= 0.3 is 8.25 Å². The van der Waals surface area contributed by atoms with Crippen molar-refractivity contribution in [3.63, 3.8) is 0 Å². The van der Waals surface area contributed by atoms with Crippen molar-refractivity contribution >= 4 is 27.6 Å². The van der Waals surface area contributed by atoms with Crippen LogP contribution in [-0.2, 0) is 28.6 Å². The first-order valence-electron chi connectivity index (χ1n) is 17.1. The van der Waals surface area contributed by atoms with E-state index in [2.05, 4.69) is 30.7 Å². The number of nitrogens with zero attached hydrogens (tertiary/aromatic N) is 2. The van der Waals surface area contributed by atoms with Crippen molar-refractivity contribution in [2.75, 3.05) is 20.8 Å². The summed E-state index contributed by atoms with van der Waals surface area (Å²) in [5.74, 6) is 0.479. The third-order valence-electron chi connectivity index (χ3n) is 10.2. The van der Waals surface area contributed by atoms with E-state index in [9.17, 15) is 14.3 Å². The predicted octanol–water partition coefficient (Wildman–Crippen LogP) is 7.21. The lowest BCUT2D eigenvalue weighted by Gasteiger charge is -2.41. The molecule has 2 N–H and O–H groups in total. The minimum atomic E-state index is -3.19. The highest BCUT2D eigenvalue weighted by Gasteiger charge is 2.56. The van der Waals surface area contributed by atoms with Crippen LogP contribution < -0.4 is 15.0 Å². The summed E-state index contributed by atoms with van der Waals surface area (Å²) in [7, 11) is -2.65. The van der Waals surface area contributed by atoms with E-state index in [0.29, 0.717) is 11.5 Å². The van der Waals surface area contributed by atoms with Crippen LogP contribution in [0, 0.1) is 5.82 Å². The molecule has 280 valence electrons. The molecule has 0 aliphatic carbocycles. The van der Waals surface area contributed by atoms with Gasteiger partial charge in [0.2, 0.25) is 0 Å². The van der Waals surface area contributed by atoms with E-state index in [1.165, 1.54) is 4.57 Å². The second-order valence-electron chi connectivity index (χ2n) is 14.3. The molecule has 0 saturated carbocycles. The maximum Gasteiger partial charge on any atom is 0.695 e. The Bertz CT molecular complexity index is 2060. The largest absolute Gasteiger partial charge is 0.695 e. The molecule has 53 heavy (non-hydrogen) atoms. The Morgan fingerprint density at radius 3 is 2.02 bits per heavy atom. The summed E-state index contributed by atoms with van der Waals surface area (Å²) in [4.78, 5) is 29.4. The summed E-state index contributed by atoms with van der Waals surface area (Å²) >= 11 is 0. The first kappa shape index (κ1) is 38.5. The molecular weight excluding hydrogens is 720 g/mol. The summed E-state index contributed by atoms with van der Waals surface area (Å²) < 4.78 is 66.6. The highest BCUT2D eigenvalue weighted by Crippen LogP contribution is 2.47. The van der Waals surface area contributed by atoms with Crippen LogP contribution in [0.2, 0.25) is 18.1 Å². The first-order chi connectivity index (χ1) is 25.2. The molecule has 2 aromatic heterocycles. The fourth-order valence-corrected chi connectivity index (χ4v) is 8.22. The highest BCUT2D eigenvalue weighted by atomic mass is 31.1. The van der Waals surface area contributed by atoms with E-state index in [0.717, 1.165) is 29.2 Å². The van der Waals surface area contributed by atoms with Gasteiger partial charge in [-0.05, 0) is 59.1 Å². The van der Waals surface area contributed by atoms with E-state index in [4.69, 9.17) is 27.9 Å². The zero-order chi connectivity index (χ0) is 38.1. The smallest absolute Gasteiger partial charge is 0.497 e. The topological polar surface area (TPSA) is 143 Å². The Labute approximate surface area is 308 Å². The van der Waals surface area contributed by atoms with Crippen molar-refractivity contribution in [2.45, 2.75) is 69.0 Å². The molecule has 3 heterocycles. The molecule has 3 aromatic carbocycles. The van der Waals surface area contributed by atoms with Gasteiger partial charge in [0.1, 0.15) is 34.7 Å². The Morgan fingerprint density at radius 1 is 0.925 bits per heavy atom. The summed E-state index contributed by atoms with van der Waals surface area (Å²) in [6.45, 7) is 10.2. The van der Waals surface area contributed by atoms with E-state index in [1.54, 1.807) is 14.2 Å². The predicted molar refractivity (Wildman–Crippen MR) is 199 cm³/mol. The molecule has 1 aliphatic rings. The second kappa shape index (κ2) is 15.2. The summed E-state index contributed by atoms with van der Waals surface area (Å²) in [6, 6.07) is 24.8. The summed E-state index contributed by atoms with van der Waals surface area (Å²) in [6.07, 6.45) is -2.16. The van der Waals surface area contributed by atoms with Crippen molar-refractivity contribution in [3.8, 4) is 11.5 Å². The maximum absolute atomic E-state index is 15.4. The molecule has 5 aromatic rings. The molecule has 5 atom stereocenters. The number of methoxy groups -OCH3 is 2. The molecular formula is C38H44FN3O9PSi+. The van der Waals surface area contributed by atoms with Crippen LogP contribution in [0.5, 0.6) is 11.5 Å². The van der Waals surface area contributed by atoms with Gasteiger partial charge in [-0.25, -0.2) is 9.37 Å². The molecule has 0 bridgehead atoms. The van der Waals surface area contributed by atoms with Crippen molar-refractivity contribution < 1.29 is 41.7 Å². The van der Waals surface area contributed by atoms with Crippen LogP contribution in [0.15, 0.2) is 96.2 Å². The lowest BCUT2D eigenvalue weighted by atomic mass is 9.80. The molecule has 0 amide bonds. The third-order valence-corrected chi connectivity index (χ3v) is 15.1. The standard InChI is InChI=1S/C38H43FN3O9PSi/c1-37(2,3)53(6,7)51-32-30(49-36(33(32)50-52(44)45)42-21-29(39)31-34(42)40-23-41-35(31)43)22-48-38(24-11-9-8-10-12-24,25-13-17-27(46-4)18-14-25)26-15-19-28(47-5)20-16-26/h8-21,23,30,32-33,36H,22H2,1-7H3,(H-,40,41,43,44,45)/p+1/t30-,32-,33-,36?/m1/s1. The lowest BCUT2D eigenvalue weighted by Crippen LogP contribution is -2.50. The second-order valence-corrected chi connectivity index (χ2v) is 19.8. The molecule has 2 unspecified atom stereocenters. The van der Waals surface area contributed by atoms with E-state index >= 15 is 4.39 Å². The first-order valence-corrected chi connectivity index (χ1v) is 21.1. The number of H-pyrrole nitrogens is 1. The zero-order valence-electron chi connectivity index (χ0n) is 30.6. The van der Waals surface area contributed by atoms with Crippen LogP contribution >= 0.6 is 8.25 Å². The number of rotatable bonds is 13. The van der Waals surface area contributed by atoms with Crippen molar-refractivity contribution in [1.29, 1.82) is 0 Å². The van der Waals surface area contributed by atoms with Crippen LogP contribution in [0.3, 0.4) is 0 Å². The van der Waals surface area contributed by atoms with Gasteiger partial charge in [-0.15, -0.1) is 9.42 Å². The van der Waals surface area contributed by atoms with Crippen LogP contribution in [-0.4, -0.2) is 66.9 Å². The SMILES string of the molecule is COc1ccc(C(OC[C@H]2OC(n3cc(F)c4c(=O)[nH]cnc43)[C@H](O[P+](=O)O)[C@@H]2O[Si](C)(C)C(C)(C)C)(c2ccccc2)c2ccc(OC)cc2)cc1. The van der Waals surface area contributed by atoms with Gasteiger partial charge in [-0.2, -0.15) is 0 Å². The molecule has 1 aliphatic heterocycles. The molecule has 0 spiro atoms. The summed E-state index contributed by atoms with van der Waals surface area (Å²) in [5.41, 5.74) is 0.414. The maximum atomic E-state index is 15.4. The van der Waals surface area contributed by atoms with E-state index in [-0.39, 0.29) is 22.7 Å². The van der Waals surface area contributed by atoms with Crippen LogP contribution in [0.1, 0.15) is 43.7 Å². The number of halogens is 1. The quantitative estimate of drug-likeness (QED) is 0.0717.